The number of aliphatic carboxylic acids is 1. The van der Waals surface area contributed by atoms with Gasteiger partial charge in [0.2, 0.25) is 5.91 Å². The Bertz CT molecular complexity index is 769. The number of amides is 1. The van der Waals surface area contributed by atoms with Gasteiger partial charge in [0.15, 0.2) is 0 Å². The molecule has 0 radical (unpaired) electrons. The first-order valence-corrected chi connectivity index (χ1v) is 8.43. The van der Waals surface area contributed by atoms with E-state index in [0.29, 0.717) is 5.02 Å². The molecule has 0 bridgehead atoms. The second kappa shape index (κ2) is 7.70. The molecule has 0 aromatic heterocycles. The summed E-state index contributed by atoms with van der Waals surface area (Å²) in [6.07, 6.45) is 0.197. The molecular formula is C20H22ClNO3. The molecule has 132 valence electrons. The van der Waals surface area contributed by atoms with E-state index in [2.05, 4.69) is 5.32 Å². The molecule has 4 nitrogen and oxygen atoms in total. The third-order valence-electron chi connectivity index (χ3n) is 4.26. The first-order chi connectivity index (χ1) is 11.7. The van der Waals surface area contributed by atoms with E-state index in [9.17, 15) is 14.7 Å². The fraction of sp³-hybridized carbons (Fsp3) is 0.300. The summed E-state index contributed by atoms with van der Waals surface area (Å²) in [6, 6.07) is 13.6. The lowest BCUT2D eigenvalue weighted by molar-refractivity contribution is -0.142. The summed E-state index contributed by atoms with van der Waals surface area (Å²) in [5, 5.41) is 12.7. The van der Waals surface area contributed by atoms with Crippen LogP contribution in [0.3, 0.4) is 0 Å². The van der Waals surface area contributed by atoms with Gasteiger partial charge < -0.3 is 10.4 Å². The Morgan fingerprint density at radius 2 is 1.80 bits per heavy atom. The van der Waals surface area contributed by atoms with Gasteiger partial charge >= 0.3 is 5.97 Å². The maximum Gasteiger partial charge on any atom is 0.326 e. The minimum absolute atomic E-state index is 0.197. The highest BCUT2D eigenvalue weighted by molar-refractivity contribution is 6.30. The van der Waals surface area contributed by atoms with Gasteiger partial charge in [0, 0.05) is 11.4 Å². The van der Waals surface area contributed by atoms with Crippen LogP contribution in [-0.4, -0.2) is 23.0 Å². The minimum Gasteiger partial charge on any atom is -0.480 e. The van der Waals surface area contributed by atoms with Crippen LogP contribution in [0.5, 0.6) is 0 Å². The normalized spacial score (nSPS) is 12.5. The molecule has 2 rings (SSSR count). The third-order valence-corrected chi connectivity index (χ3v) is 4.52. The zero-order valence-corrected chi connectivity index (χ0v) is 15.3. The summed E-state index contributed by atoms with van der Waals surface area (Å²) in [6.45, 7) is 5.54. The van der Waals surface area contributed by atoms with Gasteiger partial charge in [0.05, 0.1) is 5.41 Å². The standard InChI is InChI=1S/C20H22ClNO3/c1-13-5-4-6-15(11-13)20(2,3)19(25)22-17(18(23)24)12-14-7-9-16(21)10-8-14/h4-11,17H,12H2,1-3H3,(H,22,25)(H,23,24). The molecule has 1 atom stereocenters. The van der Waals surface area contributed by atoms with E-state index in [0.717, 1.165) is 16.7 Å². The van der Waals surface area contributed by atoms with Gasteiger partial charge in [0.1, 0.15) is 6.04 Å². The number of benzene rings is 2. The Balaban J connectivity index is 2.16. The van der Waals surface area contributed by atoms with Gasteiger partial charge in [-0.15, -0.1) is 0 Å². The smallest absolute Gasteiger partial charge is 0.326 e. The Kier molecular flexibility index (Phi) is 5.85. The van der Waals surface area contributed by atoms with Crippen LogP contribution >= 0.6 is 11.6 Å². The molecule has 0 fully saturated rings. The van der Waals surface area contributed by atoms with Crippen molar-refractivity contribution < 1.29 is 14.7 Å². The van der Waals surface area contributed by atoms with Crippen molar-refractivity contribution in [2.75, 3.05) is 0 Å². The van der Waals surface area contributed by atoms with Gasteiger partial charge in [0.25, 0.3) is 0 Å². The third kappa shape index (κ3) is 4.83. The number of carboxylic acid groups (broad SMARTS) is 1. The summed E-state index contributed by atoms with van der Waals surface area (Å²) in [7, 11) is 0. The predicted molar refractivity (Wildman–Crippen MR) is 98.9 cm³/mol. The topological polar surface area (TPSA) is 66.4 Å². The molecule has 1 amide bonds. The van der Waals surface area contributed by atoms with E-state index in [4.69, 9.17) is 11.6 Å². The van der Waals surface area contributed by atoms with Crippen LogP contribution in [0.25, 0.3) is 0 Å². The van der Waals surface area contributed by atoms with Gasteiger partial charge in [-0.2, -0.15) is 0 Å². The summed E-state index contributed by atoms with van der Waals surface area (Å²) in [5.41, 5.74) is 1.86. The molecule has 0 aliphatic carbocycles. The summed E-state index contributed by atoms with van der Waals surface area (Å²) >= 11 is 5.85. The summed E-state index contributed by atoms with van der Waals surface area (Å²) in [5.74, 6) is -1.39. The van der Waals surface area contributed by atoms with Crippen LogP contribution in [0.2, 0.25) is 5.02 Å². The van der Waals surface area contributed by atoms with E-state index < -0.39 is 17.4 Å². The van der Waals surface area contributed by atoms with Gasteiger partial charge in [-0.3, -0.25) is 4.79 Å². The number of halogens is 1. The second-order valence-corrected chi connectivity index (χ2v) is 7.13. The van der Waals surface area contributed by atoms with E-state index >= 15 is 0 Å². The van der Waals surface area contributed by atoms with Crippen molar-refractivity contribution in [2.24, 2.45) is 0 Å². The highest BCUT2D eigenvalue weighted by atomic mass is 35.5. The number of aryl methyl sites for hydroxylation is 1. The second-order valence-electron chi connectivity index (χ2n) is 6.69. The number of nitrogens with one attached hydrogen (secondary N) is 1. The van der Waals surface area contributed by atoms with E-state index in [1.165, 1.54) is 0 Å². The van der Waals surface area contributed by atoms with Crippen molar-refractivity contribution in [1.29, 1.82) is 0 Å². The van der Waals surface area contributed by atoms with Gasteiger partial charge in [-0.25, -0.2) is 4.79 Å². The van der Waals surface area contributed by atoms with Crippen LogP contribution in [0.4, 0.5) is 0 Å². The molecule has 5 heteroatoms. The average molecular weight is 360 g/mol. The Hall–Kier alpha value is -2.33. The highest BCUT2D eigenvalue weighted by Crippen LogP contribution is 2.24. The van der Waals surface area contributed by atoms with Crippen LogP contribution in [0.15, 0.2) is 48.5 Å². The van der Waals surface area contributed by atoms with Crippen molar-refractivity contribution in [3.05, 3.63) is 70.2 Å². The maximum absolute atomic E-state index is 12.7. The van der Waals surface area contributed by atoms with Crippen molar-refractivity contribution in [1.82, 2.24) is 5.32 Å². The van der Waals surface area contributed by atoms with Gasteiger partial charge in [-0.1, -0.05) is 53.6 Å². The van der Waals surface area contributed by atoms with Crippen LogP contribution < -0.4 is 5.32 Å². The first kappa shape index (κ1) is 19.0. The highest BCUT2D eigenvalue weighted by Gasteiger charge is 2.33. The fourth-order valence-electron chi connectivity index (χ4n) is 2.56. The molecule has 0 saturated heterocycles. The van der Waals surface area contributed by atoms with Crippen molar-refractivity contribution >= 4 is 23.5 Å². The zero-order valence-electron chi connectivity index (χ0n) is 14.5. The Labute approximate surface area is 152 Å². The Morgan fingerprint density at radius 1 is 1.16 bits per heavy atom. The molecule has 0 heterocycles. The lowest BCUT2D eigenvalue weighted by atomic mass is 9.82. The number of hydrogen-bond donors (Lipinski definition) is 2. The van der Waals surface area contributed by atoms with Crippen molar-refractivity contribution in [2.45, 2.75) is 38.6 Å². The maximum atomic E-state index is 12.7. The molecular weight excluding hydrogens is 338 g/mol. The SMILES string of the molecule is Cc1cccc(C(C)(C)C(=O)NC(Cc2ccc(Cl)cc2)C(=O)O)c1. The van der Waals surface area contributed by atoms with Crippen LogP contribution in [-0.2, 0) is 21.4 Å². The summed E-state index contributed by atoms with van der Waals surface area (Å²) < 4.78 is 0. The lowest BCUT2D eigenvalue weighted by Gasteiger charge is -2.27. The van der Waals surface area contributed by atoms with E-state index in [1.807, 2.05) is 31.2 Å². The monoisotopic (exact) mass is 359 g/mol. The molecule has 2 aromatic carbocycles. The first-order valence-electron chi connectivity index (χ1n) is 8.05. The summed E-state index contributed by atoms with van der Waals surface area (Å²) in [4.78, 5) is 24.3. The lowest BCUT2D eigenvalue weighted by Crippen LogP contribution is -2.49. The molecule has 0 aliphatic rings. The number of hydrogen-bond acceptors (Lipinski definition) is 2. The quantitative estimate of drug-likeness (QED) is 0.825. The molecule has 0 saturated carbocycles. The number of carbonyl (C=O) groups is 2. The minimum atomic E-state index is -1.07. The molecule has 0 aliphatic heterocycles. The Morgan fingerprint density at radius 3 is 2.36 bits per heavy atom. The number of carbonyl (C=O) groups excluding carboxylic acids is 1. The van der Waals surface area contributed by atoms with E-state index in [-0.39, 0.29) is 12.3 Å². The van der Waals surface area contributed by atoms with Crippen molar-refractivity contribution in [3.8, 4) is 0 Å². The van der Waals surface area contributed by atoms with E-state index in [1.54, 1.807) is 38.1 Å². The van der Waals surface area contributed by atoms with Crippen LogP contribution in [0, 0.1) is 6.92 Å². The molecule has 1 unspecified atom stereocenters. The largest absolute Gasteiger partial charge is 0.480 e. The fourth-order valence-corrected chi connectivity index (χ4v) is 2.69. The number of rotatable bonds is 6. The number of carboxylic acids is 1. The average Bonchev–Trinajstić information content (AvgIpc) is 2.56. The van der Waals surface area contributed by atoms with Crippen molar-refractivity contribution in [3.63, 3.8) is 0 Å². The molecule has 2 aromatic rings. The predicted octanol–water partition coefficient (Wildman–Crippen LogP) is 3.74. The van der Waals surface area contributed by atoms with Crippen LogP contribution in [0.1, 0.15) is 30.5 Å². The van der Waals surface area contributed by atoms with Gasteiger partial charge in [-0.05, 0) is 44.0 Å². The molecule has 0 spiro atoms. The zero-order chi connectivity index (χ0) is 18.6. The molecule has 25 heavy (non-hydrogen) atoms. The molecule has 2 N–H and O–H groups in total.